The summed E-state index contributed by atoms with van der Waals surface area (Å²) in [6.45, 7) is 5.54. The second-order valence-corrected chi connectivity index (χ2v) is 10.1. The number of fused-ring (bicyclic) bond motifs is 1. The van der Waals surface area contributed by atoms with E-state index in [-0.39, 0.29) is 22.5 Å². The van der Waals surface area contributed by atoms with Crippen LogP contribution in [0.15, 0.2) is 41.3 Å². The molecule has 0 radical (unpaired) electrons. The maximum absolute atomic E-state index is 13.2. The van der Waals surface area contributed by atoms with E-state index in [9.17, 15) is 18.0 Å². The molecular formula is C24H29N3O5S. The molecule has 0 bridgehead atoms. The van der Waals surface area contributed by atoms with Crippen LogP contribution in [-0.2, 0) is 21.2 Å². The summed E-state index contributed by atoms with van der Waals surface area (Å²) in [4.78, 5) is 26.8. The van der Waals surface area contributed by atoms with Gasteiger partial charge >= 0.3 is 0 Å². The molecule has 0 unspecified atom stereocenters. The summed E-state index contributed by atoms with van der Waals surface area (Å²) in [5, 5.41) is 2.81. The fourth-order valence-electron chi connectivity index (χ4n) is 4.33. The molecule has 8 nitrogen and oxygen atoms in total. The lowest BCUT2D eigenvalue weighted by Gasteiger charge is -2.19. The van der Waals surface area contributed by atoms with Crippen molar-refractivity contribution in [2.75, 3.05) is 36.5 Å². The first-order valence-electron chi connectivity index (χ1n) is 11.4. The van der Waals surface area contributed by atoms with Crippen LogP contribution in [0.2, 0.25) is 0 Å². The number of nitrogens with one attached hydrogen (secondary N) is 1. The van der Waals surface area contributed by atoms with Crippen molar-refractivity contribution in [3.05, 3.63) is 47.5 Å². The van der Waals surface area contributed by atoms with E-state index in [2.05, 4.69) is 5.32 Å². The monoisotopic (exact) mass is 471 g/mol. The Labute approximate surface area is 194 Å². The molecule has 2 heterocycles. The van der Waals surface area contributed by atoms with Gasteiger partial charge in [-0.25, -0.2) is 8.42 Å². The summed E-state index contributed by atoms with van der Waals surface area (Å²) < 4.78 is 33.4. The Bertz CT molecular complexity index is 1170. The molecule has 33 heavy (non-hydrogen) atoms. The van der Waals surface area contributed by atoms with E-state index in [1.165, 1.54) is 10.4 Å². The molecule has 1 saturated heterocycles. The maximum atomic E-state index is 13.2. The number of nitrogens with zero attached hydrogens (tertiary/aromatic N) is 2. The smallest absolute Gasteiger partial charge is 0.255 e. The largest absolute Gasteiger partial charge is 0.492 e. The third kappa shape index (κ3) is 4.60. The number of benzene rings is 2. The zero-order valence-electron chi connectivity index (χ0n) is 19.0. The number of rotatable bonds is 7. The van der Waals surface area contributed by atoms with Crippen LogP contribution in [0, 0.1) is 0 Å². The second kappa shape index (κ2) is 9.52. The lowest BCUT2D eigenvalue weighted by Crippen LogP contribution is -2.28. The van der Waals surface area contributed by atoms with Gasteiger partial charge in [-0.05, 0) is 68.1 Å². The van der Waals surface area contributed by atoms with Gasteiger partial charge in [-0.2, -0.15) is 4.31 Å². The lowest BCUT2D eigenvalue weighted by molar-refractivity contribution is -0.118. The summed E-state index contributed by atoms with van der Waals surface area (Å²) in [5.41, 5.74) is 2.63. The first-order chi connectivity index (χ1) is 15.8. The fraction of sp³-hybridized carbons (Fsp3) is 0.417. The molecule has 2 aliphatic heterocycles. The quantitative estimate of drug-likeness (QED) is 0.668. The summed E-state index contributed by atoms with van der Waals surface area (Å²) in [5.74, 6) is -0.000517. The van der Waals surface area contributed by atoms with Crippen molar-refractivity contribution < 1.29 is 22.7 Å². The highest BCUT2D eigenvalue weighted by Gasteiger charge is 2.30. The molecule has 0 aromatic heterocycles. The number of ether oxygens (including phenoxy) is 1. The Morgan fingerprint density at radius 3 is 2.48 bits per heavy atom. The molecule has 1 fully saturated rings. The summed E-state index contributed by atoms with van der Waals surface area (Å²) in [7, 11) is -3.72. The molecule has 2 aromatic rings. The predicted octanol–water partition coefficient (Wildman–Crippen LogP) is 3.42. The van der Waals surface area contributed by atoms with Crippen LogP contribution in [-0.4, -0.2) is 50.8 Å². The topological polar surface area (TPSA) is 96.0 Å². The molecule has 0 spiro atoms. The highest BCUT2D eigenvalue weighted by atomic mass is 32.2. The molecule has 0 saturated carbocycles. The average molecular weight is 472 g/mol. The number of anilines is 2. The highest BCUT2D eigenvalue weighted by Crippen LogP contribution is 2.33. The van der Waals surface area contributed by atoms with Gasteiger partial charge in [0.1, 0.15) is 10.6 Å². The Hall–Kier alpha value is -2.91. The van der Waals surface area contributed by atoms with Gasteiger partial charge in [-0.3, -0.25) is 9.59 Å². The zero-order chi connectivity index (χ0) is 23.6. The highest BCUT2D eigenvalue weighted by molar-refractivity contribution is 7.89. The fourth-order valence-corrected chi connectivity index (χ4v) is 6.00. The van der Waals surface area contributed by atoms with Crippen molar-refractivity contribution in [3.8, 4) is 5.75 Å². The molecule has 9 heteroatoms. The van der Waals surface area contributed by atoms with Gasteiger partial charge in [0.2, 0.25) is 15.9 Å². The van der Waals surface area contributed by atoms with Gasteiger partial charge in [0.25, 0.3) is 5.91 Å². The van der Waals surface area contributed by atoms with Crippen LogP contribution in [0.5, 0.6) is 5.75 Å². The van der Waals surface area contributed by atoms with Crippen LogP contribution in [0.4, 0.5) is 11.4 Å². The van der Waals surface area contributed by atoms with E-state index < -0.39 is 10.0 Å². The lowest BCUT2D eigenvalue weighted by atomic mass is 10.1. The molecule has 2 aromatic carbocycles. The average Bonchev–Trinajstić information content (AvgIpc) is 3.50. The van der Waals surface area contributed by atoms with E-state index in [1.54, 1.807) is 42.2 Å². The van der Waals surface area contributed by atoms with Crippen LogP contribution in [0.3, 0.4) is 0 Å². The molecule has 4 rings (SSSR count). The second-order valence-electron chi connectivity index (χ2n) is 8.15. The van der Waals surface area contributed by atoms with Gasteiger partial charge < -0.3 is 15.0 Å². The number of carbonyl (C=O) groups is 2. The number of sulfonamides is 1. The minimum atomic E-state index is -3.72. The van der Waals surface area contributed by atoms with Gasteiger partial charge in [0, 0.05) is 43.0 Å². The minimum Gasteiger partial charge on any atom is -0.492 e. The van der Waals surface area contributed by atoms with Crippen molar-refractivity contribution in [2.24, 2.45) is 0 Å². The van der Waals surface area contributed by atoms with E-state index in [0.29, 0.717) is 50.3 Å². The van der Waals surface area contributed by atoms with Crippen molar-refractivity contribution in [2.45, 2.75) is 44.4 Å². The SMILES string of the molecule is CCOc1ccc(NC(=O)c2ccc3c(c2)CCN3C(=O)CC)cc1S(=O)(=O)N1CCCC1. The van der Waals surface area contributed by atoms with Gasteiger partial charge in [0.15, 0.2) is 0 Å². The number of amides is 2. The molecule has 1 N–H and O–H groups in total. The van der Waals surface area contributed by atoms with Crippen molar-refractivity contribution in [1.29, 1.82) is 0 Å². The molecule has 0 aliphatic carbocycles. The summed E-state index contributed by atoms with van der Waals surface area (Å²) >= 11 is 0. The zero-order valence-corrected chi connectivity index (χ0v) is 19.8. The standard InChI is InChI=1S/C24H29N3O5S/c1-3-23(28)27-14-11-17-15-18(7-9-20(17)27)24(29)25-19-8-10-21(32-4-2)22(16-19)33(30,31)26-12-5-6-13-26/h7-10,15-16H,3-6,11-14H2,1-2H3,(H,25,29). The van der Waals surface area contributed by atoms with Gasteiger partial charge in [-0.15, -0.1) is 0 Å². The first-order valence-corrected chi connectivity index (χ1v) is 12.8. The van der Waals surface area contributed by atoms with Crippen molar-refractivity contribution >= 4 is 33.2 Å². The predicted molar refractivity (Wildman–Crippen MR) is 126 cm³/mol. The number of carbonyl (C=O) groups excluding carboxylic acids is 2. The van der Waals surface area contributed by atoms with Crippen LogP contribution < -0.4 is 15.0 Å². The van der Waals surface area contributed by atoms with Gasteiger partial charge in [-0.1, -0.05) is 6.92 Å². The van der Waals surface area contributed by atoms with Gasteiger partial charge in [0.05, 0.1) is 6.61 Å². The molecule has 2 aliphatic rings. The van der Waals surface area contributed by atoms with E-state index >= 15 is 0 Å². The van der Waals surface area contributed by atoms with E-state index in [4.69, 9.17) is 4.74 Å². The van der Waals surface area contributed by atoms with E-state index in [0.717, 1.165) is 24.1 Å². The Kier molecular flexibility index (Phi) is 6.71. The summed E-state index contributed by atoms with van der Waals surface area (Å²) in [6, 6.07) is 9.97. The van der Waals surface area contributed by atoms with Crippen LogP contribution in [0.1, 0.15) is 49.0 Å². The maximum Gasteiger partial charge on any atom is 0.255 e. The molecule has 0 atom stereocenters. The molecule has 2 amide bonds. The number of hydrogen-bond acceptors (Lipinski definition) is 5. The minimum absolute atomic E-state index is 0.0618. The van der Waals surface area contributed by atoms with E-state index in [1.807, 2.05) is 6.92 Å². The molecular weight excluding hydrogens is 442 g/mol. The third-order valence-corrected chi connectivity index (χ3v) is 7.94. The number of hydrogen-bond donors (Lipinski definition) is 1. The Balaban J connectivity index is 1.58. The normalized spacial score (nSPS) is 16.0. The van der Waals surface area contributed by atoms with Crippen LogP contribution >= 0.6 is 0 Å². The Morgan fingerprint density at radius 1 is 1.03 bits per heavy atom. The summed E-state index contributed by atoms with van der Waals surface area (Å²) in [6.07, 6.45) is 2.80. The van der Waals surface area contributed by atoms with Crippen molar-refractivity contribution in [3.63, 3.8) is 0 Å². The first kappa shape index (κ1) is 23.3. The van der Waals surface area contributed by atoms with Crippen LogP contribution in [0.25, 0.3) is 0 Å². The van der Waals surface area contributed by atoms with Crippen molar-refractivity contribution in [1.82, 2.24) is 4.31 Å². The molecule has 176 valence electrons. The Morgan fingerprint density at radius 2 is 1.79 bits per heavy atom. The third-order valence-electron chi connectivity index (χ3n) is 6.03.